The Kier molecular flexibility index (Phi) is 6.25. The van der Waals surface area contributed by atoms with Crippen LogP contribution in [-0.2, 0) is 9.47 Å². The Morgan fingerprint density at radius 3 is 2.68 bits per heavy atom. The van der Waals surface area contributed by atoms with Crippen molar-refractivity contribution < 1.29 is 18.8 Å². The van der Waals surface area contributed by atoms with Crippen molar-refractivity contribution in [3.8, 4) is 0 Å². The molecule has 1 aromatic heterocycles. The molecule has 8 nitrogen and oxygen atoms in total. The Hall–Kier alpha value is -1.67. The topological polar surface area (TPSA) is 98.5 Å². The Morgan fingerprint density at radius 2 is 2.04 bits per heavy atom. The van der Waals surface area contributed by atoms with Crippen LogP contribution >= 0.6 is 0 Å². The third kappa shape index (κ3) is 4.92. The maximum Gasteiger partial charge on any atom is 0.315 e. The molecule has 0 aromatic carbocycles. The SMILES string of the molecule is CC(C)c1noc([C@H](NC(=O)NC[C@@H]2CCCO2)C2CCOCC2)n1. The smallest absolute Gasteiger partial charge is 0.315 e. The maximum atomic E-state index is 12.4. The fraction of sp³-hybridized carbons (Fsp3) is 0.824. The van der Waals surface area contributed by atoms with Crippen LogP contribution in [0.3, 0.4) is 0 Å². The average Bonchev–Trinajstić information content (AvgIpc) is 3.30. The highest BCUT2D eigenvalue weighted by Gasteiger charge is 2.32. The third-order valence-corrected chi connectivity index (χ3v) is 4.78. The van der Waals surface area contributed by atoms with Gasteiger partial charge in [0.15, 0.2) is 5.82 Å². The predicted octanol–water partition coefficient (Wildman–Crippen LogP) is 2.14. The normalized spacial score (nSPS) is 22.9. The van der Waals surface area contributed by atoms with Crippen LogP contribution in [0.25, 0.3) is 0 Å². The second-order valence-electron chi connectivity index (χ2n) is 7.06. The van der Waals surface area contributed by atoms with E-state index in [0.717, 1.165) is 32.3 Å². The lowest BCUT2D eigenvalue weighted by Crippen LogP contribution is -2.44. The number of amides is 2. The lowest BCUT2D eigenvalue weighted by Gasteiger charge is -2.28. The zero-order valence-corrected chi connectivity index (χ0v) is 15.0. The number of nitrogens with zero attached hydrogens (tertiary/aromatic N) is 2. The van der Waals surface area contributed by atoms with Gasteiger partial charge in [-0.25, -0.2) is 4.79 Å². The van der Waals surface area contributed by atoms with Gasteiger partial charge < -0.3 is 24.6 Å². The summed E-state index contributed by atoms with van der Waals surface area (Å²) in [6, 6.07) is -0.523. The summed E-state index contributed by atoms with van der Waals surface area (Å²) in [5.74, 6) is 1.54. The molecule has 2 amide bonds. The first-order chi connectivity index (χ1) is 12.1. The van der Waals surface area contributed by atoms with E-state index in [1.165, 1.54) is 0 Å². The molecule has 0 radical (unpaired) electrons. The number of urea groups is 1. The summed E-state index contributed by atoms with van der Waals surface area (Å²) < 4.78 is 16.4. The average molecular weight is 352 g/mol. The summed E-state index contributed by atoms with van der Waals surface area (Å²) >= 11 is 0. The van der Waals surface area contributed by atoms with Crippen LogP contribution < -0.4 is 10.6 Å². The molecule has 2 saturated heterocycles. The van der Waals surface area contributed by atoms with Crippen LogP contribution in [0.2, 0.25) is 0 Å². The fourth-order valence-electron chi connectivity index (χ4n) is 3.24. The number of carbonyl (C=O) groups is 1. The number of hydrogen-bond acceptors (Lipinski definition) is 6. The summed E-state index contributed by atoms with van der Waals surface area (Å²) in [6.07, 6.45) is 3.87. The molecule has 3 rings (SSSR count). The minimum Gasteiger partial charge on any atom is -0.381 e. The van der Waals surface area contributed by atoms with E-state index in [4.69, 9.17) is 14.0 Å². The van der Waals surface area contributed by atoms with E-state index in [2.05, 4.69) is 20.8 Å². The van der Waals surface area contributed by atoms with Crippen molar-refractivity contribution in [1.29, 1.82) is 0 Å². The number of nitrogens with one attached hydrogen (secondary N) is 2. The molecule has 0 spiro atoms. The second-order valence-corrected chi connectivity index (χ2v) is 7.06. The Morgan fingerprint density at radius 1 is 1.24 bits per heavy atom. The van der Waals surface area contributed by atoms with Gasteiger partial charge in [-0.15, -0.1) is 0 Å². The highest BCUT2D eigenvalue weighted by molar-refractivity contribution is 5.74. The predicted molar refractivity (Wildman–Crippen MR) is 90.2 cm³/mol. The van der Waals surface area contributed by atoms with Crippen molar-refractivity contribution in [2.24, 2.45) is 5.92 Å². The van der Waals surface area contributed by atoms with Gasteiger partial charge in [-0.1, -0.05) is 19.0 Å². The van der Waals surface area contributed by atoms with Crippen molar-refractivity contribution in [3.05, 3.63) is 11.7 Å². The van der Waals surface area contributed by atoms with E-state index >= 15 is 0 Å². The minimum atomic E-state index is -0.298. The van der Waals surface area contributed by atoms with Crippen molar-refractivity contribution in [2.75, 3.05) is 26.4 Å². The molecule has 25 heavy (non-hydrogen) atoms. The van der Waals surface area contributed by atoms with E-state index in [1.54, 1.807) is 0 Å². The van der Waals surface area contributed by atoms with Gasteiger partial charge in [-0.2, -0.15) is 4.98 Å². The minimum absolute atomic E-state index is 0.114. The van der Waals surface area contributed by atoms with Crippen LogP contribution in [-0.4, -0.2) is 48.6 Å². The quantitative estimate of drug-likeness (QED) is 0.814. The second kappa shape index (κ2) is 8.62. The summed E-state index contributed by atoms with van der Waals surface area (Å²) in [7, 11) is 0. The lowest BCUT2D eigenvalue weighted by molar-refractivity contribution is 0.0501. The van der Waals surface area contributed by atoms with Crippen LogP contribution in [0.1, 0.15) is 63.2 Å². The van der Waals surface area contributed by atoms with Crippen LogP contribution in [0.15, 0.2) is 4.52 Å². The highest BCUT2D eigenvalue weighted by Crippen LogP contribution is 2.29. The van der Waals surface area contributed by atoms with E-state index in [0.29, 0.717) is 31.5 Å². The maximum absolute atomic E-state index is 12.4. The molecule has 0 saturated carbocycles. The van der Waals surface area contributed by atoms with Crippen molar-refractivity contribution in [2.45, 2.75) is 57.6 Å². The van der Waals surface area contributed by atoms with Crippen LogP contribution in [0, 0.1) is 5.92 Å². The van der Waals surface area contributed by atoms with Gasteiger partial charge >= 0.3 is 6.03 Å². The van der Waals surface area contributed by atoms with Crippen molar-refractivity contribution in [1.82, 2.24) is 20.8 Å². The van der Waals surface area contributed by atoms with Gasteiger partial charge in [0.2, 0.25) is 5.89 Å². The number of carbonyl (C=O) groups excluding carboxylic acids is 1. The largest absolute Gasteiger partial charge is 0.381 e. The van der Waals surface area contributed by atoms with Gasteiger partial charge in [0, 0.05) is 32.3 Å². The zero-order valence-electron chi connectivity index (χ0n) is 15.0. The first-order valence-electron chi connectivity index (χ1n) is 9.20. The highest BCUT2D eigenvalue weighted by atomic mass is 16.5. The molecule has 0 bridgehead atoms. The molecule has 2 aliphatic heterocycles. The molecule has 2 aliphatic rings. The zero-order chi connectivity index (χ0) is 17.6. The van der Waals surface area contributed by atoms with E-state index in [9.17, 15) is 4.79 Å². The van der Waals surface area contributed by atoms with E-state index in [1.807, 2.05) is 13.8 Å². The van der Waals surface area contributed by atoms with Gasteiger partial charge in [0.1, 0.15) is 6.04 Å². The molecule has 3 heterocycles. The number of hydrogen-bond donors (Lipinski definition) is 2. The van der Waals surface area contributed by atoms with E-state index in [-0.39, 0.29) is 30.0 Å². The van der Waals surface area contributed by atoms with Gasteiger partial charge in [-0.3, -0.25) is 0 Å². The van der Waals surface area contributed by atoms with Crippen molar-refractivity contribution in [3.63, 3.8) is 0 Å². The number of rotatable bonds is 6. The monoisotopic (exact) mass is 352 g/mol. The number of ether oxygens (including phenoxy) is 2. The molecule has 8 heteroatoms. The Labute approximate surface area is 148 Å². The molecule has 2 N–H and O–H groups in total. The molecule has 140 valence electrons. The third-order valence-electron chi connectivity index (χ3n) is 4.78. The molecule has 2 fully saturated rings. The molecule has 1 aromatic rings. The van der Waals surface area contributed by atoms with Gasteiger partial charge in [0.25, 0.3) is 0 Å². The molecule has 0 unspecified atom stereocenters. The number of aromatic nitrogens is 2. The van der Waals surface area contributed by atoms with Crippen LogP contribution in [0.5, 0.6) is 0 Å². The van der Waals surface area contributed by atoms with Crippen molar-refractivity contribution >= 4 is 6.03 Å². The fourth-order valence-corrected chi connectivity index (χ4v) is 3.24. The molecular weight excluding hydrogens is 324 g/mol. The molecule has 2 atom stereocenters. The summed E-state index contributed by atoms with van der Waals surface area (Å²) in [6.45, 7) is 6.70. The summed E-state index contributed by atoms with van der Waals surface area (Å²) in [5, 5.41) is 9.96. The van der Waals surface area contributed by atoms with E-state index < -0.39 is 0 Å². The summed E-state index contributed by atoms with van der Waals surface area (Å²) in [4.78, 5) is 16.9. The summed E-state index contributed by atoms with van der Waals surface area (Å²) in [5.41, 5.74) is 0. The lowest BCUT2D eigenvalue weighted by atomic mass is 9.91. The van der Waals surface area contributed by atoms with Gasteiger partial charge in [-0.05, 0) is 31.6 Å². The first-order valence-corrected chi connectivity index (χ1v) is 9.20. The van der Waals surface area contributed by atoms with Gasteiger partial charge in [0.05, 0.1) is 6.10 Å². The molecule has 0 aliphatic carbocycles. The standard InChI is InChI=1S/C17H28N4O4/c1-11(2)15-20-16(25-21-15)14(12-5-8-23-9-6-12)19-17(22)18-10-13-4-3-7-24-13/h11-14H,3-10H2,1-2H3,(H2,18,19,22)/t13-,14+/m0/s1. The first kappa shape index (κ1) is 18.1. The van der Waals surface area contributed by atoms with Crippen LogP contribution in [0.4, 0.5) is 4.79 Å². The Bertz CT molecular complexity index is 551. The Balaban J connectivity index is 1.63. The molecular formula is C17H28N4O4.